The van der Waals surface area contributed by atoms with Crippen molar-refractivity contribution in [3.05, 3.63) is 34.4 Å². The van der Waals surface area contributed by atoms with Gasteiger partial charge in [0.2, 0.25) is 0 Å². The first-order valence-corrected chi connectivity index (χ1v) is 5.68. The number of hydrogen-bond donors (Lipinski definition) is 0. The Morgan fingerprint density at radius 2 is 1.79 bits per heavy atom. The Morgan fingerprint density at radius 1 is 1.16 bits per heavy atom. The summed E-state index contributed by atoms with van der Waals surface area (Å²) in [6.07, 6.45) is 0. The molecule has 19 heavy (non-hydrogen) atoms. The first-order chi connectivity index (χ1) is 9.09. The van der Waals surface area contributed by atoms with Gasteiger partial charge in [-0.15, -0.1) is 0 Å². The van der Waals surface area contributed by atoms with Crippen molar-refractivity contribution in [3.63, 3.8) is 0 Å². The van der Waals surface area contributed by atoms with E-state index in [1.165, 1.54) is 31.2 Å². The van der Waals surface area contributed by atoms with Gasteiger partial charge in [-0.05, 0) is 12.1 Å². The molecule has 0 aromatic heterocycles. The zero-order chi connectivity index (χ0) is 14.1. The van der Waals surface area contributed by atoms with Crippen molar-refractivity contribution < 1.29 is 23.9 Å². The fraction of sp³-hybridized carbons (Fsp3) is 0.417. The minimum absolute atomic E-state index is 0.0185. The standard InChI is InChI=1S/C12H15NO6/c1-10(14)18-8-6-17-7-9-19-12-4-2-11(3-5-12)13(15)16/h2-5H,6-9H2,1H3. The number of nitro benzene ring substituents is 1. The maximum Gasteiger partial charge on any atom is 0.302 e. The van der Waals surface area contributed by atoms with Crippen LogP contribution in [0.25, 0.3) is 0 Å². The lowest BCUT2D eigenvalue weighted by Crippen LogP contribution is -2.12. The van der Waals surface area contributed by atoms with Gasteiger partial charge < -0.3 is 14.2 Å². The molecular formula is C12H15NO6. The largest absolute Gasteiger partial charge is 0.491 e. The van der Waals surface area contributed by atoms with Crippen molar-refractivity contribution >= 4 is 11.7 Å². The highest BCUT2D eigenvalue weighted by Crippen LogP contribution is 2.16. The normalized spacial score (nSPS) is 9.95. The molecule has 7 heteroatoms. The second-order valence-electron chi connectivity index (χ2n) is 3.55. The second kappa shape index (κ2) is 8.04. The molecule has 0 atom stereocenters. The molecule has 0 fully saturated rings. The van der Waals surface area contributed by atoms with Crippen LogP contribution in [-0.4, -0.2) is 37.3 Å². The van der Waals surface area contributed by atoms with Crippen LogP contribution in [0.5, 0.6) is 5.75 Å². The van der Waals surface area contributed by atoms with Gasteiger partial charge in [0.15, 0.2) is 0 Å². The summed E-state index contributed by atoms with van der Waals surface area (Å²) >= 11 is 0. The number of esters is 1. The molecule has 0 radical (unpaired) electrons. The van der Waals surface area contributed by atoms with Crippen molar-refractivity contribution in [2.45, 2.75) is 6.92 Å². The molecule has 1 aromatic carbocycles. The van der Waals surface area contributed by atoms with Crippen molar-refractivity contribution in [3.8, 4) is 5.75 Å². The second-order valence-corrected chi connectivity index (χ2v) is 3.55. The van der Waals surface area contributed by atoms with E-state index in [1.54, 1.807) is 0 Å². The number of ether oxygens (including phenoxy) is 3. The lowest BCUT2D eigenvalue weighted by atomic mass is 10.3. The number of hydrogen-bond acceptors (Lipinski definition) is 6. The smallest absolute Gasteiger partial charge is 0.302 e. The lowest BCUT2D eigenvalue weighted by Gasteiger charge is -2.07. The zero-order valence-electron chi connectivity index (χ0n) is 10.5. The quantitative estimate of drug-likeness (QED) is 0.308. The van der Waals surface area contributed by atoms with E-state index in [0.29, 0.717) is 25.6 Å². The van der Waals surface area contributed by atoms with Crippen LogP contribution in [-0.2, 0) is 14.3 Å². The summed E-state index contributed by atoms with van der Waals surface area (Å²) in [4.78, 5) is 20.4. The molecular weight excluding hydrogens is 254 g/mol. The Labute approximate surface area is 110 Å². The fourth-order valence-corrected chi connectivity index (χ4v) is 1.23. The van der Waals surface area contributed by atoms with Crippen molar-refractivity contribution in [2.24, 2.45) is 0 Å². The van der Waals surface area contributed by atoms with Gasteiger partial charge in [-0.25, -0.2) is 0 Å². The molecule has 0 saturated heterocycles. The third kappa shape index (κ3) is 6.37. The van der Waals surface area contributed by atoms with Crippen LogP contribution >= 0.6 is 0 Å². The van der Waals surface area contributed by atoms with Crippen LogP contribution in [0.1, 0.15) is 6.92 Å². The predicted octanol–water partition coefficient (Wildman–Crippen LogP) is 1.55. The minimum Gasteiger partial charge on any atom is -0.491 e. The molecule has 0 saturated carbocycles. The topological polar surface area (TPSA) is 87.9 Å². The number of carbonyl (C=O) groups is 1. The summed E-state index contributed by atoms with van der Waals surface area (Å²) in [6.45, 7) is 2.52. The third-order valence-electron chi connectivity index (χ3n) is 2.08. The summed E-state index contributed by atoms with van der Waals surface area (Å²) in [5.41, 5.74) is 0.0185. The van der Waals surface area contributed by atoms with E-state index in [9.17, 15) is 14.9 Å². The van der Waals surface area contributed by atoms with Gasteiger partial charge in [-0.2, -0.15) is 0 Å². The molecule has 0 bridgehead atoms. The number of nitro groups is 1. The van der Waals surface area contributed by atoms with Crippen LogP contribution in [0.2, 0.25) is 0 Å². The Morgan fingerprint density at radius 3 is 2.37 bits per heavy atom. The Kier molecular flexibility index (Phi) is 6.31. The van der Waals surface area contributed by atoms with E-state index in [2.05, 4.69) is 4.74 Å². The molecule has 1 aromatic rings. The molecule has 0 unspecified atom stereocenters. The number of nitrogens with zero attached hydrogens (tertiary/aromatic N) is 1. The summed E-state index contributed by atoms with van der Waals surface area (Å²) in [5.74, 6) is 0.194. The van der Waals surface area contributed by atoms with Crippen LogP contribution < -0.4 is 4.74 Å². The molecule has 0 aliphatic rings. The van der Waals surface area contributed by atoms with E-state index in [-0.39, 0.29) is 18.3 Å². The van der Waals surface area contributed by atoms with Crippen LogP contribution in [0, 0.1) is 10.1 Å². The van der Waals surface area contributed by atoms with Gasteiger partial charge in [0, 0.05) is 19.1 Å². The predicted molar refractivity (Wildman–Crippen MR) is 66.0 cm³/mol. The van der Waals surface area contributed by atoms with Crippen molar-refractivity contribution in [2.75, 3.05) is 26.4 Å². The molecule has 0 spiro atoms. The third-order valence-corrected chi connectivity index (χ3v) is 2.08. The molecule has 0 amide bonds. The van der Waals surface area contributed by atoms with Gasteiger partial charge in [0.05, 0.1) is 18.1 Å². The first-order valence-electron chi connectivity index (χ1n) is 5.68. The summed E-state index contributed by atoms with van der Waals surface area (Å²) < 4.78 is 15.1. The van der Waals surface area contributed by atoms with Gasteiger partial charge in [0.25, 0.3) is 5.69 Å². The Balaban J connectivity index is 2.12. The highest BCUT2D eigenvalue weighted by molar-refractivity contribution is 5.65. The Bertz CT molecular complexity index is 417. The summed E-state index contributed by atoms with van der Waals surface area (Å²) in [5, 5.41) is 10.4. The number of non-ortho nitro benzene ring substituents is 1. The highest BCUT2D eigenvalue weighted by Gasteiger charge is 2.04. The molecule has 0 N–H and O–H groups in total. The molecule has 0 aliphatic carbocycles. The maximum atomic E-state index is 10.4. The van der Waals surface area contributed by atoms with E-state index >= 15 is 0 Å². The number of carbonyl (C=O) groups excluding carboxylic acids is 1. The summed E-state index contributed by atoms with van der Waals surface area (Å²) in [7, 11) is 0. The molecule has 1 rings (SSSR count). The monoisotopic (exact) mass is 269 g/mol. The summed E-state index contributed by atoms with van der Waals surface area (Å²) in [6, 6.07) is 5.79. The average molecular weight is 269 g/mol. The first kappa shape index (κ1) is 14.9. The van der Waals surface area contributed by atoms with Crippen LogP contribution in [0.4, 0.5) is 5.69 Å². The van der Waals surface area contributed by atoms with E-state index < -0.39 is 4.92 Å². The molecule has 0 aliphatic heterocycles. The van der Waals surface area contributed by atoms with Crippen LogP contribution in [0.3, 0.4) is 0 Å². The van der Waals surface area contributed by atoms with Crippen LogP contribution in [0.15, 0.2) is 24.3 Å². The molecule has 0 heterocycles. The fourth-order valence-electron chi connectivity index (χ4n) is 1.23. The highest BCUT2D eigenvalue weighted by atomic mass is 16.6. The van der Waals surface area contributed by atoms with Gasteiger partial charge in [0.1, 0.15) is 19.0 Å². The average Bonchev–Trinajstić information content (AvgIpc) is 2.38. The van der Waals surface area contributed by atoms with E-state index in [4.69, 9.17) is 9.47 Å². The number of rotatable bonds is 8. The zero-order valence-corrected chi connectivity index (χ0v) is 10.5. The van der Waals surface area contributed by atoms with E-state index in [0.717, 1.165) is 0 Å². The number of benzene rings is 1. The molecule has 7 nitrogen and oxygen atoms in total. The van der Waals surface area contributed by atoms with E-state index in [1.807, 2.05) is 0 Å². The molecule has 104 valence electrons. The Hall–Kier alpha value is -2.15. The van der Waals surface area contributed by atoms with Crippen molar-refractivity contribution in [1.29, 1.82) is 0 Å². The lowest BCUT2D eigenvalue weighted by molar-refractivity contribution is -0.384. The van der Waals surface area contributed by atoms with Gasteiger partial charge in [-0.1, -0.05) is 0 Å². The SMILES string of the molecule is CC(=O)OCCOCCOc1ccc([N+](=O)[O-])cc1. The van der Waals surface area contributed by atoms with Crippen molar-refractivity contribution in [1.82, 2.24) is 0 Å². The maximum absolute atomic E-state index is 10.4. The van der Waals surface area contributed by atoms with Gasteiger partial charge >= 0.3 is 5.97 Å². The van der Waals surface area contributed by atoms with Gasteiger partial charge in [-0.3, -0.25) is 14.9 Å². The minimum atomic E-state index is -0.470.